The Morgan fingerprint density at radius 3 is 2.82 bits per heavy atom. The van der Waals surface area contributed by atoms with Gasteiger partial charge in [0.1, 0.15) is 5.75 Å². The van der Waals surface area contributed by atoms with E-state index < -0.39 is 0 Å². The molecular formula is C9H11NO. The van der Waals surface area contributed by atoms with E-state index in [1.54, 1.807) is 6.07 Å². The second-order valence-electron chi connectivity index (χ2n) is 2.35. The molecule has 1 aromatic rings. The standard InChI is InChI=1S/C9H11NO/c1-2-7-4-3-5-8(6-10)9(7)11/h3-6,10-11H,2H2,1H3. The van der Waals surface area contributed by atoms with E-state index in [-0.39, 0.29) is 5.75 Å². The molecule has 2 nitrogen and oxygen atoms in total. The van der Waals surface area contributed by atoms with Gasteiger partial charge in [0.05, 0.1) is 0 Å². The second kappa shape index (κ2) is 3.19. The average Bonchev–Trinajstić information content (AvgIpc) is 2.05. The summed E-state index contributed by atoms with van der Waals surface area (Å²) < 4.78 is 0. The SMILES string of the molecule is CCc1cccc(C=N)c1O. The van der Waals surface area contributed by atoms with E-state index >= 15 is 0 Å². The molecule has 11 heavy (non-hydrogen) atoms. The van der Waals surface area contributed by atoms with Crippen molar-refractivity contribution < 1.29 is 5.11 Å². The minimum absolute atomic E-state index is 0.241. The quantitative estimate of drug-likeness (QED) is 0.620. The minimum atomic E-state index is 0.241. The number of benzene rings is 1. The molecule has 0 fully saturated rings. The van der Waals surface area contributed by atoms with Gasteiger partial charge in [-0.15, -0.1) is 0 Å². The molecule has 2 heteroatoms. The lowest BCUT2D eigenvalue weighted by Crippen LogP contribution is -1.86. The topological polar surface area (TPSA) is 44.1 Å². The first-order chi connectivity index (χ1) is 5.29. The molecule has 0 spiro atoms. The van der Waals surface area contributed by atoms with Gasteiger partial charge in [0, 0.05) is 11.8 Å². The molecule has 58 valence electrons. The highest BCUT2D eigenvalue weighted by Gasteiger charge is 2.01. The summed E-state index contributed by atoms with van der Waals surface area (Å²) in [5.41, 5.74) is 1.48. The number of aryl methyl sites for hydroxylation is 1. The maximum Gasteiger partial charge on any atom is 0.127 e. The summed E-state index contributed by atoms with van der Waals surface area (Å²) >= 11 is 0. The first kappa shape index (κ1) is 7.79. The molecule has 0 atom stereocenters. The fourth-order valence-corrected chi connectivity index (χ4v) is 1.01. The largest absolute Gasteiger partial charge is 0.507 e. The predicted octanol–water partition coefficient (Wildman–Crippen LogP) is 1.95. The van der Waals surface area contributed by atoms with Crippen LogP contribution in [0, 0.1) is 5.41 Å². The fraction of sp³-hybridized carbons (Fsp3) is 0.222. The van der Waals surface area contributed by atoms with Crippen LogP contribution in [0.25, 0.3) is 0 Å². The van der Waals surface area contributed by atoms with E-state index in [4.69, 9.17) is 5.41 Å². The van der Waals surface area contributed by atoms with Crippen LogP contribution >= 0.6 is 0 Å². The number of para-hydroxylation sites is 1. The van der Waals surface area contributed by atoms with Gasteiger partial charge in [-0.2, -0.15) is 0 Å². The van der Waals surface area contributed by atoms with Crippen LogP contribution in [0.3, 0.4) is 0 Å². The minimum Gasteiger partial charge on any atom is -0.507 e. The number of aromatic hydroxyl groups is 1. The normalized spacial score (nSPS) is 9.55. The van der Waals surface area contributed by atoms with Crippen molar-refractivity contribution in [3.8, 4) is 5.75 Å². The van der Waals surface area contributed by atoms with Crippen LogP contribution in [-0.2, 0) is 6.42 Å². The fourth-order valence-electron chi connectivity index (χ4n) is 1.01. The van der Waals surface area contributed by atoms with Crippen LogP contribution in [0.1, 0.15) is 18.1 Å². The lowest BCUT2D eigenvalue weighted by Gasteiger charge is -2.02. The van der Waals surface area contributed by atoms with Gasteiger partial charge in [-0.05, 0) is 18.1 Å². The van der Waals surface area contributed by atoms with Crippen molar-refractivity contribution in [1.29, 1.82) is 5.41 Å². The number of nitrogens with one attached hydrogen (secondary N) is 1. The zero-order chi connectivity index (χ0) is 8.27. The Morgan fingerprint density at radius 1 is 1.55 bits per heavy atom. The van der Waals surface area contributed by atoms with Gasteiger partial charge in [-0.3, -0.25) is 0 Å². The Morgan fingerprint density at radius 2 is 2.27 bits per heavy atom. The van der Waals surface area contributed by atoms with Gasteiger partial charge in [-0.25, -0.2) is 0 Å². The molecule has 0 aliphatic rings. The molecule has 0 heterocycles. The summed E-state index contributed by atoms with van der Waals surface area (Å²) in [6.45, 7) is 1.97. The number of rotatable bonds is 2. The summed E-state index contributed by atoms with van der Waals surface area (Å²) in [5.74, 6) is 0.241. The lowest BCUT2D eigenvalue weighted by atomic mass is 10.1. The Balaban J connectivity index is 3.20. The third kappa shape index (κ3) is 1.40. The van der Waals surface area contributed by atoms with Crippen molar-refractivity contribution in [1.82, 2.24) is 0 Å². The molecule has 0 bridgehead atoms. The third-order valence-electron chi connectivity index (χ3n) is 1.69. The molecule has 0 saturated heterocycles. The second-order valence-corrected chi connectivity index (χ2v) is 2.35. The van der Waals surface area contributed by atoms with E-state index in [0.717, 1.165) is 18.2 Å². The molecule has 0 aromatic heterocycles. The summed E-state index contributed by atoms with van der Waals surface area (Å²) in [6, 6.07) is 5.43. The first-order valence-corrected chi connectivity index (χ1v) is 3.61. The Hall–Kier alpha value is -1.31. The molecule has 0 aliphatic heterocycles. The molecule has 0 saturated carbocycles. The van der Waals surface area contributed by atoms with Crippen molar-refractivity contribution in [2.75, 3.05) is 0 Å². The van der Waals surface area contributed by atoms with Crippen molar-refractivity contribution in [2.24, 2.45) is 0 Å². The van der Waals surface area contributed by atoms with E-state index in [0.29, 0.717) is 5.56 Å². The molecular weight excluding hydrogens is 138 g/mol. The summed E-state index contributed by atoms with van der Waals surface area (Å²) in [6.07, 6.45) is 1.96. The van der Waals surface area contributed by atoms with Crippen molar-refractivity contribution in [3.63, 3.8) is 0 Å². The van der Waals surface area contributed by atoms with Crippen molar-refractivity contribution in [3.05, 3.63) is 29.3 Å². The third-order valence-corrected chi connectivity index (χ3v) is 1.69. The summed E-state index contributed by atoms with van der Waals surface area (Å²) in [5, 5.41) is 16.4. The Labute approximate surface area is 66.0 Å². The predicted molar refractivity (Wildman–Crippen MR) is 45.4 cm³/mol. The number of phenolic OH excluding ortho intramolecular Hbond substituents is 1. The number of hydrogen-bond donors (Lipinski definition) is 2. The van der Waals surface area contributed by atoms with Gasteiger partial charge in [0.2, 0.25) is 0 Å². The molecule has 1 rings (SSSR count). The maximum atomic E-state index is 9.44. The van der Waals surface area contributed by atoms with Gasteiger partial charge in [-0.1, -0.05) is 19.1 Å². The van der Waals surface area contributed by atoms with E-state index in [9.17, 15) is 5.11 Å². The zero-order valence-electron chi connectivity index (χ0n) is 6.46. The van der Waals surface area contributed by atoms with Crippen molar-refractivity contribution in [2.45, 2.75) is 13.3 Å². The van der Waals surface area contributed by atoms with Gasteiger partial charge >= 0.3 is 0 Å². The summed E-state index contributed by atoms with van der Waals surface area (Å²) in [7, 11) is 0. The van der Waals surface area contributed by atoms with Crippen LogP contribution in [-0.4, -0.2) is 11.3 Å². The molecule has 0 aliphatic carbocycles. The van der Waals surface area contributed by atoms with Crippen LogP contribution in [0.4, 0.5) is 0 Å². The molecule has 2 N–H and O–H groups in total. The smallest absolute Gasteiger partial charge is 0.127 e. The lowest BCUT2D eigenvalue weighted by molar-refractivity contribution is 0.468. The highest BCUT2D eigenvalue weighted by Crippen LogP contribution is 2.20. The van der Waals surface area contributed by atoms with Crippen molar-refractivity contribution >= 4 is 6.21 Å². The van der Waals surface area contributed by atoms with E-state index in [1.807, 2.05) is 19.1 Å². The van der Waals surface area contributed by atoms with Gasteiger partial charge in [0.25, 0.3) is 0 Å². The molecule has 1 aromatic carbocycles. The molecule has 0 radical (unpaired) electrons. The Kier molecular flexibility index (Phi) is 2.26. The van der Waals surface area contributed by atoms with Gasteiger partial charge < -0.3 is 10.5 Å². The number of hydrogen-bond acceptors (Lipinski definition) is 2. The Bertz CT molecular complexity index is 268. The molecule has 0 amide bonds. The van der Waals surface area contributed by atoms with E-state index in [1.165, 1.54) is 0 Å². The zero-order valence-corrected chi connectivity index (χ0v) is 6.46. The molecule has 0 unspecified atom stereocenters. The maximum absolute atomic E-state index is 9.44. The van der Waals surface area contributed by atoms with Crippen LogP contribution in [0.5, 0.6) is 5.75 Å². The van der Waals surface area contributed by atoms with Gasteiger partial charge in [0.15, 0.2) is 0 Å². The first-order valence-electron chi connectivity index (χ1n) is 3.61. The summed E-state index contributed by atoms with van der Waals surface area (Å²) in [4.78, 5) is 0. The van der Waals surface area contributed by atoms with Crippen LogP contribution in [0.15, 0.2) is 18.2 Å². The highest BCUT2D eigenvalue weighted by atomic mass is 16.3. The monoisotopic (exact) mass is 149 g/mol. The van der Waals surface area contributed by atoms with E-state index in [2.05, 4.69) is 0 Å². The van der Waals surface area contributed by atoms with Crippen LogP contribution < -0.4 is 0 Å². The average molecular weight is 149 g/mol. The van der Waals surface area contributed by atoms with Crippen LogP contribution in [0.2, 0.25) is 0 Å². The number of phenols is 1. The highest BCUT2D eigenvalue weighted by molar-refractivity contribution is 5.81.